The number of hydrogen-bond donors (Lipinski definition) is 0. The number of fused-ring (bicyclic) bond motifs is 1. The molecule has 2 rings (SSSR count). The Morgan fingerprint density at radius 3 is 2.48 bits per heavy atom. The first-order chi connectivity index (χ1) is 9.68. The fourth-order valence-electron chi connectivity index (χ4n) is 3.35. The van der Waals surface area contributed by atoms with Gasteiger partial charge in [-0.1, -0.05) is 0 Å². The Balaban J connectivity index is 2.17. The van der Waals surface area contributed by atoms with E-state index in [1.807, 2.05) is 27.8 Å². The molecule has 0 saturated carbocycles. The Kier molecular flexibility index (Phi) is 4.19. The van der Waals surface area contributed by atoms with Crippen LogP contribution in [0.15, 0.2) is 0 Å². The van der Waals surface area contributed by atoms with E-state index in [4.69, 9.17) is 9.47 Å². The van der Waals surface area contributed by atoms with Crippen LogP contribution in [0.2, 0.25) is 0 Å². The van der Waals surface area contributed by atoms with Crippen molar-refractivity contribution in [1.82, 2.24) is 9.80 Å². The fraction of sp³-hybridized carbons (Fsp3) is 0.867. The molecule has 0 N–H and O–H groups in total. The van der Waals surface area contributed by atoms with Gasteiger partial charge in [0, 0.05) is 25.6 Å². The third kappa shape index (κ3) is 3.15. The van der Waals surface area contributed by atoms with Crippen molar-refractivity contribution in [3.63, 3.8) is 0 Å². The quantitative estimate of drug-likeness (QED) is 0.684. The van der Waals surface area contributed by atoms with Crippen LogP contribution in [0.3, 0.4) is 0 Å². The number of carbonyl (C=O) groups is 2. The molecule has 1 amide bonds. The number of piperidine rings is 1. The highest BCUT2D eigenvalue weighted by molar-refractivity contribution is 5.80. The van der Waals surface area contributed by atoms with Crippen LogP contribution >= 0.6 is 0 Å². The maximum atomic E-state index is 12.3. The Labute approximate surface area is 126 Å². The predicted molar refractivity (Wildman–Crippen MR) is 77.9 cm³/mol. The van der Waals surface area contributed by atoms with Crippen LogP contribution in [-0.4, -0.2) is 67.8 Å². The molecule has 0 aromatic rings. The van der Waals surface area contributed by atoms with Crippen molar-refractivity contribution in [3.8, 4) is 0 Å². The number of nitrogens with zero attached hydrogens (tertiary/aromatic N) is 2. The molecule has 6 nitrogen and oxygen atoms in total. The second-order valence-corrected chi connectivity index (χ2v) is 7.22. The molecule has 2 fully saturated rings. The van der Waals surface area contributed by atoms with E-state index >= 15 is 0 Å². The van der Waals surface area contributed by atoms with E-state index in [1.165, 1.54) is 7.11 Å². The molecular weight excluding hydrogens is 272 g/mol. The zero-order valence-corrected chi connectivity index (χ0v) is 13.6. The third-order valence-electron chi connectivity index (χ3n) is 4.41. The van der Waals surface area contributed by atoms with Crippen molar-refractivity contribution in [2.75, 3.05) is 40.3 Å². The standard InChI is InChI=1S/C15H26N2O4/c1-14(2,3)21-13(19)17-9-11-8-16(4)7-6-15(11,10-17)12(18)20-5/h11H,6-10H2,1-5H3. The molecule has 0 bridgehead atoms. The number of esters is 1. The lowest BCUT2D eigenvalue weighted by atomic mass is 9.72. The summed E-state index contributed by atoms with van der Waals surface area (Å²) in [5, 5.41) is 0. The molecule has 0 radical (unpaired) electrons. The van der Waals surface area contributed by atoms with Gasteiger partial charge in [0.1, 0.15) is 5.60 Å². The lowest BCUT2D eigenvalue weighted by molar-refractivity contribution is -0.157. The summed E-state index contributed by atoms with van der Waals surface area (Å²) in [6, 6.07) is 0. The Bertz CT molecular complexity index is 432. The summed E-state index contributed by atoms with van der Waals surface area (Å²) in [5.74, 6) is -0.0946. The van der Waals surface area contributed by atoms with Crippen LogP contribution in [0, 0.1) is 11.3 Å². The van der Waals surface area contributed by atoms with Gasteiger partial charge in [-0.2, -0.15) is 0 Å². The van der Waals surface area contributed by atoms with Crippen LogP contribution in [0.4, 0.5) is 4.79 Å². The average Bonchev–Trinajstić information content (AvgIpc) is 2.75. The zero-order chi connectivity index (χ0) is 15.8. The molecular formula is C15H26N2O4. The van der Waals surface area contributed by atoms with Gasteiger partial charge < -0.3 is 19.3 Å². The highest BCUT2D eigenvalue weighted by Gasteiger charge is 2.56. The van der Waals surface area contributed by atoms with Gasteiger partial charge in [-0.3, -0.25) is 4.79 Å². The van der Waals surface area contributed by atoms with E-state index in [0.29, 0.717) is 13.1 Å². The Morgan fingerprint density at radius 1 is 1.24 bits per heavy atom. The molecule has 0 aliphatic carbocycles. The number of hydrogen-bond acceptors (Lipinski definition) is 5. The first kappa shape index (κ1) is 16.1. The number of rotatable bonds is 1. The number of likely N-dealkylation sites (tertiary alicyclic amines) is 2. The first-order valence-electron chi connectivity index (χ1n) is 7.43. The third-order valence-corrected chi connectivity index (χ3v) is 4.41. The number of amides is 1. The summed E-state index contributed by atoms with van der Waals surface area (Å²) in [7, 11) is 3.46. The molecule has 0 spiro atoms. The van der Waals surface area contributed by atoms with E-state index in [0.717, 1.165) is 19.5 Å². The van der Waals surface area contributed by atoms with E-state index in [1.54, 1.807) is 4.90 Å². The molecule has 2 atom stereocenters. The lowest BCUT2D eigenvalue weighted by Gasteiger charge is -2.39. The molecule has 120 valence electrons. The van der Waals surface area contributed by atoms with Crippen LogP contribution in [0.1, 0.15) is 27.2 Å². The SMILES string of the molecule is COC(=O)C12CCN(C)CC1CN(C(=O)OC(C)(C)C)C2. The topological polar surface area (TPSA) is 59.1 Å². The van der Waals surface area contributed by atoms with Crippen LogP contribution < -0.4 is 0 Å². The highest BCUT2D eigenvalue weighted by atomic mass is 16.6. The minimum atomic E-state index is -0.571. The summed E-state index contributed by atoms with van der Waals surface area (Å²) >= 11 is 0. The smallest absolute Gasteiger partial charge is 0.410 e. The van der Waals surface area contributed by atoms with Crippen molar-refractivity contribution < 1.29 is 19.1 Å². The van der Waals surface area contributed by atoms with Gasteiger partial charge in [-0.25, -0.2) is 4.79 Å². The monoisotopic (exact) mass is 298 g/mol. The Hall–Kier alpha value is -1.30. The maximum Gasteiger partial charge on any atom is 0.410 e. The molecule has 21 heavy (non-hydrogen) atoms. The number of methoxy groups -OCH3 is 1. The largest absolute Gasteiger partial charge is 0.469 e. The summed E-state index contributed by atoms with van der Waals surface area (Å²) in [6.07, 6.45) is 0.378. The summed E-state index contributed by atoms with van der Waals surface area (Å²) < 4.78 is 10.5. The lowest BCUT2D eigenvalue weighted by Crippen LogP contribution is -2.50. The fourth-order valence-corrected chi connectivity index (χ4v) is 3.35. The predicted octanol–water partition coefficient (Wildman–Crippen LogP) is 1.35. The first-order valence-corrected chi connectivity index (χ1v) is 7.43. The molecule has 2 unspecified atom stereocenters. The molecule has 2 aliphatic rings. The van der Waals surface area contributed by atoms with Gasteiger partial charge in [0.2, 0.25) is 0 Å². The summed E-state index contributed by atoms with van der Waals surface area (Å²) in [5.41, 5.74) is -1.10. The molecule has 0 aromatic carbocycles. The minimum Gasteiger partial charge on any atom is -0.469 e. The van der Waals surface area contributed by atoms with Crippen molar-refractivity contribution in [2.45, 2.75) is 32.8 Å². The van der Waals surface area contributed by atoms with E-state index in [-0.39, 0.29) is 18.0 Å². The second kappa shape index (κ2) is 5.48. The Morgan fingerprint density at radius 2 is 1.90 bits per heavy atom. The molecule has 6 heteroatoms. The second-order valence-electron chi connectivity index (χ2n) is 7.22. The summed E-state index contributed by atoms with van der Waals surface area (Å²) in [4.78, 5) is 28.4. The van der Waals surface area contributed by atoms with E-state index in [2.05, 4.69) is 4.90 Å². The normalized spacial score (nSPS) is 30.0. The van der Waals surface area contributed by atoms with Gasteiger partial charge in [0.15, 0.2) is 0 Å². The van der Waals surface area contributed by atoms with Crippen LogP contribution in [0.25, 0.3) is 0 Å². The van der Waals surface area contributed by atoms with Gasteiger partial charge in [-0.05, 0) is 40.8 Å². The van der Waals surface area contributed by atoms with Gasteiger partial charge >= 0.3 is 12.1 Å². The van der Waals surface area contributed by atoms with Gasteiger partial charge in [-0.15, -0.1) is 0 Å². The van der Waals surface area contributed by atoms with E-state index < -0.39 is 11.0 Å². The summed E-state index contributed by atoms with van der Waals surface area (Å²) in [6.45, 7) is 8.12. The number of carbonyl (C=O) groups excluding carboxylic acids is 2. The highest BCUT2D eigenvalue weighted by Crippen LogP contribution is 2.43. The van der Waals surface area contributed by atoms with E-state index in [9.17, 15) is 9.59 Å². The van der Waals surface area contributed by atoms with Gasteiger partial charge in [0.25, 0.3) is 0 Å². The van der Waals surface area contributed by atoms with Crippen molar-refractivity contribution in [3.05, 3.63) is 0 Å². The minimum absolute atomic E-state index is 0.108. The van der Waals surface area contributed by atoms with Crippen LogP contribution in [-0.2, 0) is 14.3 Å². The molecule has 2 heterocycles. The zero-order valence-electron chi connectivity index (χ0n) is 13.6. The average molecular weight is 298 g/mol. The molecule has 0 aromatic heterocycles. The van der Waals surface area contributed by atoms with Crippen molar-refractivity contribution in [2.24, 2.45) is 11.3 Å². The molecule has 2 aliphatic heterocycles. The molecule has 2 saturated heterocycles. The maximum absolute atomic E-state index is 12.3. The van der Waals surface area contributed by atoms with Crippen LogP contribution in [0.5, 0.6) is 0 Å². The van der Waals surface area contributed by atoms with Gasteiger partial charge in [0.05, 0.1) is 12.5 Å². The number of ether oxygens (including phenoxy) is 2. The van der Waals surface area contributed by atoms with Crippen molar-refractivity contribution in [1.29, 1.82) is 0 Å². The van der Waals surface area contributed by atoms with Crippen molar-refractivity contribution >= 4 is 12.1 Å².